The third kappa shape index (κ3) is 2.01. The molecule has 0 saturated heterocycles. The summed E-state index contributed by atoms with van der Waals surface area (Å²) in [5.74, 6) is 2.04. The van der Waals surface area contributed by atoms with E-state index in [2.05, 4.69) is 15.3 Å². The molecule has 80 valence electrons. The van der Waals surface area contributed by atoms with Crippen molar-refractivity contribution in [3.8, 4) is 11.6 Å². The molecule has 1 N–H and O–H groups in total. The average molecular weight is 207 g/mol. The second kappa shape index (κ2) is 4.16. The summed E-state index contributed by atoms with van der Waals surface area (Å²) in [5.41, 5.74) is 0.753. The van der Waals surface area contributed by atoms with Gasteiger partial charge in [-0.15, -0.1) is 0 Å². The summed E-state index contributed by atoms with van der Waals surface area (Å²) >= 11 is 0. The van der Waals surface area contributed by atoms with Crippen molar-refractivity contribution in [2.75, 3.05) is 27.3 Å². The third-order valence-electron chi connectivity index (χ3n) is 2.14. The number of hydrogen-bond donors (Lipinski definition) is 1. The van der Waals surface area contributed by atoms with E-state index in [1.165, 1.54) is 0 Å². The molecule has 5 nitrogen and oxygen atoms in total. The minimum Gasteiger partial charge on any atom is -0.496 e. The molecular weight excluding hydrogens is 194 g/mol. The Bertz CT molecular complexity index is 368. The fourth-order valence-electron chi connectivity index (χ4n) is 1.39. The molecule has 2 rings (SSSR count). The molecule has 0 aliphatic carbocycles. The molecule has 0 bridgehead atoms. The predicted molar refractivity (Wildman–Crippen MR) is 56.7 cm³/mol. The fraction of sp³-hybridized carbons (Fsp3) is 0.400. The molecule has 1 aromatic rings. The number of nitrogens with zero attached hydrogens (tertiary/aromatic N) is 2. The van der Waals surface area contributed by atoms with Gasteiger partial charge in [-0.3, -0.25) is 4.99 Å². The number of aliphatic imine (C=N–C) groups is 1. The van der Waals surface area contributed by atoms with Crippen LogP contribution < -0.4 is 14.8 Å². The molecule has 0 fully saturated rings. The summed E-state index contributed by atoms with van der Waals surface area (Å²) in [7, 11) is 3.19. The van der Waals surface area contributed by atoms with Gasteiger partial charge in [0.25, 0.3) is 0 Å². The second-order valence-corrected chi connectivity index (χ2v) is 3.09. The van der Waals surface area contributed by atoms with Crippen molar-refractivity contribution in [2.45, 2.75) is 0 Å². The number of hydrogen-bond acceptors (Lipinski definition) is 5. The van der Waals surface area contributed by atoms with E-state index >= 15 is 0 Å². The Hall–Kier alpha value is -1.78. The zero-order valence-electron chi connectivity index (χ0n) is 8.78. The van der Waals surface area contributed by atoms with Crippen LogP contribution in [0.15, 0.2) is 17.1 Å². The molecule has 0 saturated carbocycles. The van der Waals surface area contributed by atoms with Crippen molar-refractivity contribution in [3.05, 3.63) is 17.8 Å². The van der Waals surface area contributed by atoms with Crippen LogP contribution in [0.1, 0.15) is 5.69 Å². The number of amidine groups is 1. The molecule has 0 unspecified atom stereocenters. The Labute approximate surface area is 88.1 Å². The highest BCUT2D eigenvalue weighted by atomic mass is 16.5. The molecule has 2 heterocycles. The third-order valence-corrected chi connectivity index (χ3v) is 2.14. The molecular formula is C10H13N3O2. The van der Waals surface area contributed by atoms with Crippen molar-refractivity contribution in [2.24, 2.45) is 4.99 Å². The molecule has 5 heteroatoms. The van der Waals surface area contributed by atoms with Crippen LogP contribution in [0.5, 0.6) is 11.6 Å². The van der Waals surface area contributed by atoms with Crippen LogP contribution in [0.3, 0.4) is 0 Å². The summed E-state index contributed by atoms with van der Waals surface area (Å²) < 4.78 is 10.2. The number of pyridine rings is 1. The van der Waals surface area contributed by atoms with Crippen LogP contribution in [-0.4, -0.2) is 38.1 Å². The first-order valence-corrected chi connectivity index (χ1v) is 4.72. The second-order valence-electron chi connectivity index (χ2n) is 3.09. The van der Waals surface area contributed by atoms with E-state index in [1.807, 2.05) is 6.07 Å². The first-order chi connectivity index (χ1) is 7.33. The highest BCUT2D eigenvalue weighted by Crippen LogP contribution is 2.19. The van der Waals surface area contributed by atoms with Gasteiger partial charge in [0.05, 0.1) is 20.8 Å². The maximum absolute atomic E-state index is 5.15. The first-order valence-electron chi connectivity index (χ1n) is 4.72. The number of methoxy groups -OCH3 is 2. The number of rotatable bonds is 3. The van der Waals surface area contributed by atoms with Gasteiger partial charge in [0.2, 0.25) is 5.88 Å². The molecule has 0 amide bonds. The zero-order valence-corrected chi connectivity index (χ0v) is 8.78. The lowest BCUT2D eigenvalue weighted by Crippen LogP contribution is -2.20. The Morgan fingerprint density at radius 3 is 2.73 bits per heavy atom. The smallest absolute Gasteiger partial charge is 0.217 e. The summed E-state index contributed by atoms with van der Waals surface area (Å²) in [6.45, 7) is 1.65. The molecule has 0 spiro atoms. The lowest BCUT2D eigenvalue weighted by atomic mass is 10.3. The highest BCUT2D eigenvalue weighted by molar-refractivity contribution is 5.98. The summed E-state index contributed by atoms with van der Waals surface area (Å²) in [5, 5.41) is 3.15. The van der Waals surface area contributed by atoms with Crippen molar-refractivity contribution in [3.63, 3.8) is 0 Å². The van der Waals surface area contributed by atoms with Gasteiger partial charge >= 0.3 is 0 Å². The quantitative estimate of drug-likeness (QED) is 0.781. The lowest BCUT2D eigenvalue weighted by molar-refractivity contribution is 0.382. The van der Waals surface area contributed by atoms with E-state index in [-0.39, 0.29) is 0 Å². The SMILES string of the molecule is COc1cc(OC)nc(C2=NCCN2)c1. The van der Waals surface area contributed by atoms with Crippen molar-refractivity contribution in [1.29, 1.82) is 0 Å². The zero-order chi connectivity index (χ0) is 10.7. The highest BCUT2D eigenvalue weighted by Gasteiger charge is 2.12. The van der Waals surface area contributed by atoms with Crippen molar-refractivity contribution >= 4 is 5.84 Å². The van der Waals surface area contributed by atoms with E-state index in [9.17, 15) is 0 Å². The molecule has 15 heavy (non-hydrogen) atoms. The van der Waals surface area contributed by atoms with Gasteiger partial charge in [-0.25, -0.2) is 4.98 Å². The molecule has 0 aromatic carbocycles. The van der Waals surface area contributed by atoms with E-state index in [0.29, 0.717) is 11.6 Å². The molecule has 1 aliphatic heterocycles. The topological polar surface area (TPSA) is 55.7 Å². The van der Waals surface area contributed by atoms with Crippen molar-refractivity contribution < 1.29 is 9.47 Å². The van der Waals surface area contributed by atoms with Crippen LogP contribution in [-0.2, 0) is 0 Å². The summed E-state index contributed by atoms with van der Waals surface area (Å²) in [6.07, 6.45) is 0. The predicted octanol–water partition coefficient (Wildman–Crippen LogP) is 0.449. The van der Waals surface area contributed by atoms with Gasteiger partial charge in [0.1, 0.15) is 17.3 Å². The molecule has 1 aliphatic rings. The largest absolute Gasteiger partial charge is 0.496 e. The standard InChI is InChI=1S/C10H13N3O2/c1-14-7-5-8(10-11-3-4-12-10)13-9(6-7)15-2/h5-6H,3-4H2,1-2H3,(H,11,12). The molecule has 0 atom stereocenters. The monoisotopic (exact) mass is 207 g/mol. The number of nitrogens with one attached hydrogen (secondary N) is 1. The average Bonchev–Trinajstić information content (AvgIpc) is 2.81. The van der Waals surface area contributed by atoms with Gasteiger partial charge in [0.15, 0.2) is 0 Å². The van der Waals surface area contributed by atoms with Gasteiger partial charge in [-0.1, -0.05) is 0 Å². The minimum absolute atomic E-state index is 0.528. The van der Waals surface area contributed by atoms with Crippen LogP contribution in [0, 0.1) is 0 Å². The number of aromatic nitrogens is 1. The van der Waals surface area contributed by atoms with Crippen LogP contribution in [0.4, 0.5) is 0 Å². The van der Waals surface area contributed by atoms with E-state index < -0.39 is 0 Å². The van der Waals surface area contributed by atoms with Crippen LogP contribution >= 0.6 is 0 Å². The van der Waals surface area contributed by atoms with Gasteiger partial charge < -0.3 is 14.8 Å². The molecule has 0 radical (unpaired) electrons. The number of ether oxygens (including phenoxy) is 2. The van der Waals surface area contributed by atoms with Gasteiger partial charge in [0, 0.05) is 18.7 Å². The Morgan fingerprint density at radius 2 is 2.13 bits per heavy atom. The Balaban J connectivity index is 2.37. The lowest BCUT2D eigenvalue weighted by Gasteiger charge is -2.07. The Morgan fingerprint density at radius 1 is 1.27 bits per heavy atom. The normalized spacial score (nSPS) is 14.4. The summed E-state index contributed by atoms with van der Waals surface area (Å²) in [4.78, 5) is 8.58. The molecule has 1 aromatic heterocycles. The fourth-order valence-corrected chi connectivity index (χ4v) is 1.39. The van der Waals surface area contributed by atoms with Crippen LogP contribution in [0.2, 0.25) is 0 Å². The van der Waals surface area contributed by atoms with Crippen LogP contribution in [0.25, 0.3) is 0 Å². The maximum atomic E-state index is 5.15. The van der Waals surface area contributed by atoms with Crippen molar-refractivity contribution in [1.82, 2.24) is 10.3 Å². The van der Waals surface area contributed by atoms with Gasteiger partial charge in [-0.05, 0) is 0 Å². The maximum Gasteiger partial charge on any atom is 0.217 e. The van der Waals surface area contributed by atoms with E-state index in [4.69, 9.17) is 9.47 Å². The Kier molecular flexibility index (Phi) is 2.71. The first kappa shape index (κ1) is 9.76. The van der Waals surface area contributed by atoms with E-state index in [0.717, 1.165) is 24.6 Å². The van der Waals surface area contributed by atoms with E-state index in [1.54, 1.807) is 20.3 Å². The van der Waals surface area contributed by atoms with Gasteiger partial charge in [-0.2, -0.15) is 0 Å². The minimum atomic E-state index is 0.528. The summed E-state index contributed by atoms with van der Waals surface area (Å²) in [6, 6.07) is 3.57.